The maximum Gasteiger partial charge on any atom is 0.245 e. The minimum absolute atomic E-state index is 0.0987. The van der Waals surface area contributed by atoms with E-state index in [2.05, 4.69) is 9.22 Å². The van der Waals surface area contributed by atoms with Gasteiger partial charge in [-0.05, 0) is 6.42 Å². The molecule has 0 rings (SSSR count). The van der Waals surface area contributed by atoms with Crippen molar-refractivity contribution in [2.75, 3.05) is 6.61 Å². The van der Waals surface area contributed by atoms with Crippen molar-refractivity contribution in [2.24, 2.45) is 0 Å². The number of hydrogen-bond acceptors (Lipinski definition) is 5. The van der Waals surface area contributed by atoms with E-state index in [0.29, 0.717) is 6.42 Å². The molecule has 5 nitrogen and oxygen atoms in total. The van der Waals surface area contributed by atoms with Crippen LogP contribution in [0.1, 0.15) is 13.3 Å². The monoisotopic (exact) mass is 155 g/mol. The van der Waals surface area contributed by atoms with Crippen LogP contribution in [0.5, 0.6) is 0 Å². The molecule has 6 heteroatoms. The Kier molecular flexibility index (Phi) is 3.71. The Morgan fingerprint density at radius 2 is 2.11 bits per heavy atom. The molecule has 0 aromatic heterocycles. The van der Waals surface area contributed by atoms with E-state index in [9.17, 15) is 13.0 Å². The predicted octanol–water partition coefficient (Wildman–Crippen LogP) is -0.195. The Balaban J connectivity index is 3.30. The Bertz CT molecular complexity index is 148. The first kappa shape index (κ1) is 8.83. The average Bonchev–Trinajstić information content (AvgIpc) is 1.63. The summed E-state index contributed by atoms with van der Waals surface area (Å²) in [7, 11) is -4.67. The summed E-state index contributed by atoms with van der Waals surface area (Å²) in [6.45, 7) is 1.85. The van der Waals surface area contributed by atoms with Crippen LogP contribution in [-0.4, -0.2) is 19.6 Å². The minimum atomic E-state index is -4.67. The van der Waals surface area contributed by atoms with Gasteiger partial charge >= 0.3 is 0 Å². The summed E-state index contributed by atoms with van der Waals surface area (Å²) in [4.78, 5) is 3.95. The van der Waals surface area contributed by atoms with Gasteiger partial charge in [-0.1, -0.05) is 6.92 Å². The van der Waals surface area contributed by atoms with Crippen molar-refractivity contribution in [3.63, 3.8) is 0 Å². The lowest BCUT2D eigenvalue weighted by Gasteiger charge is -2.03. The summed E-state index contributed by atoms with van der Waals surface area (Å²) in [6.07, 6.45) is 0.593. The van der Waals surface area contributed by atoms with Crippen molar-refractivity contribution < 1.29 is 22.2 Å². The molecule has 0 amide bonds. The summed E-state index contributed by atoms with van der Waals surface area (Å²) in [5, 5.41) is 0. The molecular weight excluding hydrogens is 148 g/mol. The zero-order valence-corrected chi connectivity index (χ0v) is 5.68. The molecule has 0 unspecified atom stereocenters. The first-order valence-electron chi connectivity index (χ1n) is 2.33. The van der Waals surface area contributed by atoms with Crippen LogP contribution in [0.4, 0.5) is 0 Å². The van der Waals surface area contributed by atoms with E-state index in [4.69, 9.17) is 0 Å². The van der Waals surface area contributed by atoms with Crippen molar-refractivity contribution in [1.82, 2.24) is 0 Å². The van der Waals surface area contributed by atoms with E-state index in [0.717, 1.165) is 0 Å². The van der Waals surface area contributed by atoms with Crippen molar-refractivity contribution in [1.29, 1.82) is 0 Å². The van der Waals surface area contributed by atoms with Gasteiger partial charge in [0.25, 0.3) is 0 Å². The van der Waals surface area contributed by atoms with Gasteiger partial charge in [0.15, 0.2) is 0 Å². The van der Waals surface area contributed by atoms with E-state index in [1.807, 2.05) is 0 Å². The molecular formula is C3H7O5S-. The predicted molar refractivity (Wildman–Crippen MR) is 27.0 cm³/mol. The lowest BCUT2D eigenvalue weighted by molar-refractivity contribution is -0.208. The SMILES string of the molecule is CCCOOS(=O)(=O)[O-]. The lowest BCUT2D eigenvalue weighted by Crippen LogP contribution is -2.05. The van der Waals surface area contributed by atoms with E-state index in [-0.39, 0.29) is 6.61 Å². The molecule has 0 heterocycles. The first-order valence-corrected chi connectivity index (χ1v) is 3.66. The van der Waals surface area contributed by atoms with Crippen LogP contribution in [0.2, 0.25) is 0 Å². The minimum Gasteiger partial charge on any atom is -0.724 e. The quantitative estimate of drug-likeness (QED) is 0.185. The standard InChI is InChI=1S/C3H8O5S/c1-2-3-7-8-9(4,5)6/h2-3H2,1H3,(H,4,5,6)/p-1. The summed E-state index contributed by atoms with van der Waals surface area (Å²) in [5.74, 6) is 0. The van der Waals surface area contributed by atoms with Gasteiger partial charge in [-0.3, -0.25) is 0 Å². The van der Waals surface area contributed by atoms with Gasteiger partial charge in [0.2, 0.25) is 10.4 Å². The highest BCUT2D eigenvalue weighted by atomic mass is 32.3. The molecule has 0 N–H and O–H groups in total. The number of hydrogen-bond donors (Lipinski definition) is 0. The Morgan fingerprint density at radius 1 is 1.56 bits per heavy atom. The molecule has 0 aromatic rings. The van der Waals surface area contributed by atoms with Crippen molar-refractivity contribution in [3.8, 4) is 0 Å². The fraction of sp³-hybridized carbons (Fsp3) is 1.00. The maximum atomic E-state index is 9.60. The van der Waals surface area contributed by atoms with Gasteiger partial charge in [0.1, 0.15) is 0 Å². The third-order valence-electron chi connectivity index (χ3n) is 0.419. The van der Waals surface area contributed by atoms with Crippen molar-refractivity contribution in [2.45, 2.75) is 13.3 Å². The topological polar surface area (TPSA) is 75.7 Å². The second-order valence-electron chi connectivity index (χ2n) is 1.30. The van der Waals surface area contributed by atoms with E-state index < -0.39 is 10.4 Å². The molecule has 0 aliphatic heterocycles. The fourth-order valence-corrected chi connectivity index (χ4v) is 0.362. The molecule has 0 saturated carbocycles. The van der Waals surface area contributed by atoms with Crippen LogP contribution >= 0.6 is 0 Å². The fourth-order valence-electron chi connectivity index (χ4n) is 0.176. The Labute approximate surface area is 53.5 Å². The van der Waals surface area contributed by atoms with Crippen LogP contribution in [0.25, 0.3) is 0 Å². The van der Waals surface area contributed by atoms with Gasteiger partial charge in [0, 0.05) is 0 Å². The number of rotatable bonds is 4. The third-order valence-corrected chi connectivity index (χ3v) is 0.682. The maximum absolute atomic E-state index is 9.60. The summed E-state index contributed by atoms with van der Waals surface area (Å²) >= 11 is 0. The Hall–Kier alpha value is -0.170. The molecule has 0 atom stereocenters. The molecule has 0 aliphatic rings. The smallest absolute Gasteiger partial charge is 0.245 e. The molecule has 0 aromatic carbocycles. The van der Waals surface area contributed by atoms with E-state index >= 15 is 0 Å². The average molecular weight is 155 g/mol. The normalized spacial score (nSPS) is 11.8. The van der Waals surface area contributed by atoms with E-state index in [1.54, 1.807) is 6.92 Å². The first-order chi connectivity index (χ1) is 4.06. The largest absolute Gasteiger partial charge is 0.724 e. The molecule has 0 fully saturated rings. The molecule has 0 saturated heterocycles. The van der Waals surface area contributed by atoms with Gasteiger partial charge in [0.05, 0.1) is 6.61 Å². The lowest BCUT2D eigenvalue weighted by atomic mass is 10.5. The highest BCUT2D eigenvalue weighted by molar-refractivity contribution is 7.80. The Morgan fingerprint density at radius 3 is 2.44 bits per heavy atom. The highest BCUT2D eigenvalue weighted by Gasteiger charge is 1.92. The zero-order valence-electron chi connectivity index (χ0n) is 4.86. The molecule has 0 spiro atoms. The molecule has 0 aliphatic carbocycles. The van der Waals surface area contributed by atoms with Gasteiger partial charge in [-0.25, -0.2) is 13.3 Å². The second kappa shape index (κ2) is 3.78. The van der Waals surface area contributed by atoms with Crippen LogP contribution in [0.15, 0.2) is 0 Å². The van der Waals surface area contributed by atoms with Crippen LogP contribution in [0, 0.1) is 0 Å². The van der Waals surface area contributed by atoms with Gasteiger partial charge < -0.3 is 4.55 Å². The molecule has 9 heavy (non-hydrogen) atoms. The second-order valence-corrected chi connectivity index (χ2v) is 2.25. The van der Waals surface area contributed by atoms with Crippen molar-refractivity contribution >= 4 is 10.4 Å². The van der Waals surface area contributed by atoms with Crippen molar-refractivity contribution in [3.05, 3.63) is 0 Å². The van der Waals surface area contributed by atoms with E-state index in [1.165, 1.54) is 0 Å². The van der Waals surface area contributed by atoms with Crippen LogP contribution in [0.3, 0.4) is 0 Å². The molecule has 56 valence electrons. The molecule has 0 bridgehead atoms. The molecule has 0 radical (unpaired) electrons. The zero-order chi connectivity index (χ0) is 7.33. The van der Waals surface area contributed by atoms with Crippen LogP contribution in [-0.2, 0) is 19.6 Å². The van der Waals surface area contributed by atoms with Gasteiger partial charge in [-0.15, -0.1) is 4.33 Å². The van der Waals surface area contributed by atoms with Gasteiger partial charge in [-0.2, -0.15) is 0 Å². The third kappa shape index (κ3) is 7.83. The highest BCUT2D eigenvalue weighted by Crippen LogP contribution is 1.88. The van der Waals surface area contributed by atoms with Crippen LogP contribution < -0.4 is 0 Å². The summed E-state index contributed by atoms with van der Waals surface area (Å²) < 4.78 is 32.2. The summed E-state index contributed by atoms with van der Waals surface area (Å²) in [5.41, 5.74) is 0. The summed E-state index contributed by atoms with van der Waals surface area (Å²) in [6, 6.07) is 0.